The lowest BCUT2D eigenvalue weighted by Gasteiger charge is -2.15. The molecular formula is C21H27N3O2. The van der Waals surface area contributed by atoms with Crippen molar-refractivity contribution < 1.29 is 9.53 Å². The van der Waals surface area contributed by atoms with Gasteiger partial charge >= 0.3 is 6.03 Å². The van der Waals surface area contributed by atoms with Gasteiger partial charge in [-0.1, -0.05) is 42.5 Å². The summed E-state index contributed by atoms with van der Waals surface area (Å²) >= 11 is 0. The first-order chi connectivity index (χ1) is 12.7. The number of nitrogens with one attached hydrogen (secondary N) is 2. The van der Waals surface area contributed by atoms with Crippen LogP contribution in [0.25, 0.3) is 11.1 Å². The minimum absolute atomic E-state index is 0.146. The fraction of sp³-hybridized carbons (Fsp3) is 0.381. The summed E-state index contributed by atoms with van der Waals surface area (Å²) in [5.74, 6) is 0.512. The second kappa shape index (κ2) is 9.36. The number of rotatable bonds is 7. The Kier molecular flexibility index (Phi) is 6.63. The Hall–Kier alpha value is -2.37. The van der Waals surface area contributed by atoms with E-state index in [0.717, 1.165) is 43.9 Å². The molecule has 1 heterocycles. The molecule has 3 rings (SSSR count). The Morgan fingerprint density at radius 3 is 2.58 bits per heavy atom. The normalized spacial score (nSPS) is 17.2. The predicted molar refractivity (Wildman–Crippen MR) is 105 cm³/mol. The van der Waals surface area contributed by atoms with Gasteiger partial charge in [0.05, 0.1) is 6.61 Å². The summed E-state index contributed by atoms with van der Waals surface area (Å²) in [6.45, 7) is 4.54. The molecule has 2 amide bonds. The zero-order chi connectivity index (χ0) is 18.2. The van der Waals surface area contributed by atoms with Crippen LogP contribution >= 0.6 is 0 Å². The van der Waals surface area contributed by atoms with E-state index in [4.69, 9.17) is 4.74 Å². The molecular weight excluding hydrogens is 326 g/mol. The highest BCUT2D eigenvalue weighted by Gasteiger charge is 2.22. The van der Waals surface area contributed by atoms with Crippen molar-refractivity contribution >= 4 is 11.7 Å². The minimum Gasteiger partial charge on any atom is -0.383 e. The zero-order valence-electron chi connectivity index (χ0n) is 15.3. The molecule has 26 heavy (non-hydrogen) atoms. The Bertz CT molecular complexity index is 688. The maximum Gasteiger partial charge on any atom is 0.319 e. The predicted octanol–water partition coefficient (Wildman–Crippen LogP) is 3.44. The number of urea groups is 1. The molecule has 1 aliphatic heterocycles. The summed E-state index contributed by atoms with van der Waals surface area (Å²) < 4.78 is 5.12. The van der Waals surface area contributed by atoms with E-state index in [-0.39, 0.29) is 6.03 Å². The van der Waals surface area contributed by atoms with Gasteiger partial charge in [0.15, 0.2) is 0 Å². The molecule has 0 aliphatic carbocycles. The summed E-state index contributed by atoms with van der Waals surface area (Å²) in [4.78, 5) is 14.5. The van der Waals surface area contributed by atoms with E-state index in [2.05, 4.69) is 27.7 Å². The molecule has 5 heteroatoms. The van der Waals surface area contributed by atoms with Crippen molar-refractivity contribution in [1.82, 2.24) is 10.2 Å². The van der Waals surface area contributed by atoms with Crippen LogP contribution in [0.5, 0.6) is 0 Å². The van der Waals surface area contributed by atoms with E-state index in [1.807, 2.05) is 42.5 Å². The summed E-state index contributed by atoms with van der Waals surface area (Å²) in [5, 5.41) is 5.89. The fourth-order valence-electron chi connectivity index (χ4n) is 3.29. The van der Waals surface area contributed by atoms with Crippen LogP contribution in [0.2, 0.25) is 0 Å². The number of likely N-dealkylation sites (tertiary alicyclic amines) is 1. The third kappa shape index (κ3) is 5.31. The number of carbonyl (C=O) groups is 1. The van der Waals surface area contributed by atoms with Gasteiger partial charge in [-0.05, 0) is 42.1 Å². The number of ether oxygens (including phenoxy) is 1. The van der Waals surface area contributed by atoms with Crippen molar-refractivity contribution in [1.29, 1.82) is 0 Å². The first-order valence-electron chi connectivity index (χ1n) is 9.16. The molecule has 0 aromatic heterocycles. The molecule has 1 atom stereocenters. The SMILES string of the molecule is COCCN1CCC(CNC(=O)Nc2ccc(-c3ccccc3)cc2)C1. The van der Waals surface area contributed by atoms with Crippen LogP contribution in [-0.4, -0.2) is 50.8 Å². The highest BCUT2D eigenvalue weighted by molar-refractivity contribution is 5.89. The average molecular weight is 353 g/mol. The molecule has 1 saturated heterocycles. The van der Waals surface area contributed by atoms with Crippen LogP contribution in [0.3, 0.4) is 0 Å². The van der Waals surface area contributed by atoms with E-state index in [9.17, 15) is 4.79 Å². The average Bonchev–Trinajstić information content (AvgIpc) is 3.14. The molecule has 1 fully saturated rings. The molecule has 1 unspecified atom stereocenters. The second-order valence-corrected chi connectivity index (χ2v) is 6.73. The molecule has 0 spiro atoms. The van der Waals surface area contributed by atoms with Crippen molar-refractivity contribution in [2.45, 2.75) is 6.42 Å². The first kappa shape index (κ1) is 18.4. The standard InChI is InChI=1S/C21H27N3O2/c1-26-14-13-24-12-11-17(16-24)15-22-21(25)23-20-9-7-19(8-10-20)18-5-3-2-4-6-18/h2-10,17H,11-16H2,1H3,(H2,22,23,25). The summed E-state index contributed by atoms with van der Waals surface area (Å²) in [7, 11) is 1.73. The van der Waals surface area contributed by atoms with Crippen molar-refractivity contribution in [2.75, 3.05) is 45.2 Å². The number of carbonyl (C=O) groups excluding carboxylic acids is 1. The highest BCUT2D eigenvalue weighted by Crippen LogP contribution is 2.21. The van der Waals surface area contributed by atoms with E-state index < -0.39 is 0 Å². The largest absolute Gasteiger partial charge is 0.383 e. The summed E-state index contributed by atoms with van der Waals surface area (Å²) in [6, 6.07) is 18.0. The Morgan fingerprint density at radius 1 is 1.12 bits per heavy atom. The van der Waals surface area contributed by atoms with Gasteiger partial charge in [-0.2, -0.15) is 0 Å². The van der Waals surface area contributed by atoms with E-state index >= 15 is 0 Å². The van der Waals surface area contributed by atoms with Gasteiger partial charge in [0, 0.05) is 32.4 Å². The molecule has 1 aliphatic rings. The topological polar surface area (TPSA) is 53.6 Å². The number of amides is 2. The van der Waals surface area contributed by atoms with Crippen LogP contribution in [0.15, 0.2) is 54.6 Å². The third-order valence-corrected chi connectivity index (χ3v) is 4.78. The van der Waals surface area contributed by atoms with Gasteiger partial charge in [0.1, 0.15) is 0 Å². The van der Waals surface area contributed by atoms with Crippen molar-refractivity contribution in [2.24, 2.45) is 5.92 Å². The number of anilines is 1. The van der Waals surface area contributed by atoms with Gasteiger partial charge in [-0.15, -0.1) is 0 Å². The number of hydrogen-bond acceptors (Lipinski definition) is 3. The molecule has 2 aromatic carbocycles. The Morgan fingerprint density at radius 2 is 1.85 bits per heavy atom. The van der Waals surface area contributed by atoms with Crippen LogP contribution in [-0.2, 0) is 4.74 Å². The molecule has 2 aromatic rings. The fourth-order valence-corrected chi connectivity index (χ4v) is 3.29. The lowest BCUT2D eigenvalue weighted by molar-refractivity contribution is 0.159. The van der Waals surface area contributed by atoms with Gasteiger partial charge < -0.3 is 20.3 Å². The van der Waals surface area contributed by atoms with Crippen LogP contribution in [0.4, 0.5) is 10.5 Å². The zero-order valence-corrected chi connectivity index (χ0v) is 15.3. The Labute approximate surface area is 155 Å². The Balaban J connectivity index is 1.42. The first-order valence-corrected chi connectivity index (χ1v) is 9.16. The minimum atomic E-state index is -0.146. The van der Waals surface area contributed by atoms with E-state index in [0.29, 0.717) is 12.5 Å². The van der Waals surface area contributed by atoms with Crippen LogP contribution < -0.4 is 10.6 Å². The molecule has 0 bridgehead atoms. The monoisotopic (exact) mass is 353 g/mol. The number of methoxy groups -OCH3 is 1. The second-order valence-electron chi connectivity index (χ2n) is 6.73. The van der Waals surface area contributed by atoms with Crippen LogP contribution in [0, 0.1) is 5.92 Å². The van der Waals surface area contributed by atoms with E-state index in [1.165, 1.54) is 5.56 Å². The summed E-state index contributed by atoms with van der Waals surface area (Å²) in [6.07, 6.45) is 1.12. The quantitative estimate of drug-likeness (QED) is 0.802. The molecule has 0 radical (unpaired) electrons. The number of nitrogens with zero attached hydrogens (tertiary/aromatic N) is 1. The molecule has 138 valence electrons. The van der Waals surface area contributed by atoms with Gasteiger partial charge in [0.25, 0.3) is 0 Å². The summed E-state index contributed by atoms with van der Waals surface area (Å²) in [5.41, 5.74) is 3.11. The molecule has 5 nitrogen and oxygen atoms in total. The maximum absolute atomic E-state index is 12.1. The van der Waals surface area contributed by atoms with Crippen molar-refractivity contribution in [3.63, 3.8) is 0 Å². The van der Waals surface area contributed by atoms with Crippen LogP contribution in [0.1, 0.15) is 6.42 Å². The third-order valence-electron chi connectivity index (χ3n) is 4.78. The smallest absolute Gasteiger partial charge is 0.319 e. The number of benzene rings is 2. The van der Waals surface area contributed by atoms with Crippen molar-refractivity contribution in [3.8, 4) is 11.1 Å². The molecule has 0 saturated carbocycles. The lowest BCUT2D eigenvalue weighted by Crippen LogP contribution is -2.34. The highest BCUT2D eigenvalue weighted by atomic mass is 16.5. The van der Waals surface area contributed by atoms with Gasteiger partial charge in [-0.25, -0.2) is 4.79 Å². The molecule has 2 N–H and O–H groups in total. The number of hydrogen-bond donors (Lipinski definition) is 2. The van der Waals surface area contributed by atoms with E-state index in [1.54, 1.807) is 7.11 Å². The maximum atomic E-state index is 12.1. The van der Waals surface area contributed by atoms with Crippen molar-refractivity contribution in [3.05, 3.63) is 54.6 Å². The van der Waals surface area contributed by atoms with Gasteiger partial charge in [0.2, 0.25) is 0 Å². The van der Waals surface area contributed by atoms with Gasteiger partial charge in [-0.3, -0.25) is 0 Å². The lowest BCUT2D eigenvalue weighted by atomic mass is 10.1.